The maximum Gasteiger partial charge on any atom is 0.154 e. The van der Waals surface area contributed by atoms with E-state index in [1.54, 1.807) is 0 Å². The van der Waals surface area contributed by atoms with Crippen LogP contribution in [0.5, 0.6) is 0 Å². The minimum Gasteiger partial charge on any atom is -0.319 e. The Morgan fingerprint density at radius 2 is 1.82 bits per heavy atom. The summed E-state index contributed by atoms with van der Waals surface area (Å²) in [5.41, 5.74) is 6.26. The van der Waals surface area contributed by atoms with Gasteiger partial charge in [-0.25, -0.2) is 4.98 Å². The van der Waals surface area contributed by atoms with Crippen LogP contribution in [0, 0.1) is 0 Å². The van der Waals surface area contributed by atoms with Crippen molar-refractivity contribution < 1.29 is 0 Å². The quantitative estimate of drug-likeness (QED) is 0.853. The third-order valence-electron chi connectivity index (χ3n) is 4.44. The molecule has 0 saturated heterocycles. The average molecular weight is 234 g/mol. The minimum atomic E-state index is -0.210. The van der Waals surface area contributed by atoms with Gasteiger partial charge in [-0.05, 0) is 25.7 Å². The average Bonchev–Trinajstić information content (AvgIpc) is 2.97. The molecule has 2 saturated carbocycles. The lowest BCUT2D eigenvalue weighted by atomic mass is 9.98. The first-order valence-corrected chi connectivity index (χ1v) is 6.89. The van der Waals surface area contributed by atoms with Crippen LogP contribution in [0.3, 0.4) is 0 Å². The third-order valence-corrected chi connectivity index (χ3v) is 4.44. The van der Waals surface area contributed by atoms with Gasteiger partial charge in [0.25, 0.3) is 0 Å². The molecule has 0 unspecified atom stereocenters. The van der Waals surface area contributed by atoms with Gasteiger partial charge in [-0.3, -0.25) is 4.68 Å². The Morgan fingerprint density at radius 1 is 1.18 bits per heavy atom. The smallest absolute Gasteiger partial charge is 0.154 e. The van der Waals surface area contributed by atoms with E-state index < -0.39 is 0 Å². The Morgan fingerprint density at radius 3 is 2.47 bits per heavy atom. The summed E-state index contributed by atoms with van der Waals surface area (Å²) in [5, 5.41) is 4.61. The van der Waals surface area contributed by atoms with E-state index in [9.17, 15) is 0 Å². The summed E-state index contributed by atoms with van der Waals surface area (Å²) in [4.78, 5) is 4.77. The van der Waals surface area contributed by atoms with Gasteiger partial charge in [0, 0.05) is 13.0 Å². The van der Waals surface area contributed by atoms with Gasteiger partial charge in [-0.2, -0.15) is 5.10 Å². The second-order valence-corrected chi connectivity index (χ2v) is 5.76. The highest BCUT2D eigenvalue weighted by Gasteiger charge is 2.36. The van der Waals surface area contributed by atoms with Gasteiger partial charge in [-0.15, -0.1) is 0 Å². The van der Waals surface area contributed by atoms with E-state index in [4.69, 9.17) is 10.7 Å². The van der Waals surface area contributed by atoms with Crippen LogP contribution in [0.4, 0.5) is 0 Å². The molecule has 1 heterocycles. The van der Waals surface area contributed by atoms with Crippen LogP contribution in [-0.2, 0) is 12.6 Å². The molecule has 4 heteroatoms. The van der Waals surface area contributed by atoms with Crippen LogP contribution in [0.2, 0.25) is 0 Å². The number of aromatic nitrogens is 3. The number of rotatable bonds is 2. The van der Waals surface area contributed by atoms with Crippen molar-refractivity contribution in [2.75, 3.05) is 0 Å². The normalized spacial score (nSPS) is 24.6. The van der Waals surface area contributed by atoms with E-state index >= 15 is 0 Å². The molecule has 0 bridgehead atoms. The lowest BCUT2D eigenvalue weighted by molar-refractivity contribution is 0.410. The van der Waals surface area contributed by atoms with Gasteiger partial charge in [-0.1, -0.05) is 25.7 Å². The van der Waals surface area contributed by atoms with Crippen LogP contribution in [0.1, 0.15) is 68.9 Å². The lowest BCUT2D eigenvalue weighted by Crippen LogP contribution is -2.36. The third kappa shape index (κ3) is 1.88. The molecule has 94 valence electrons. The monoisotopic (exact) mass is 234 g/mol. The molecule has 2 aliphatic rings. The van der Waals surface area contributed by atoms with E-state index in [1.165, 1.54) is 38.5 Å². The summed E-state index contributed by atoms with van der Waals surface area (Å²) in [6.45, 7) is 0. The van der Waals surface area contributed by atoms with Crippen molar-refractivity contribution in [1.29, 1.82) is 0 Å². The number of nitrogens with zero attached hydrogens (tertiary/aromatic N) is 3. The molecule has 0 atom stereocenters. The number of hydrogen-bond donors (Lipinski definition) is 1. The molecule has 1 aromatic heterocycles. The second kappa shape index (κ2) is 4.09. The zero-order valence-electron chi connectivity index (χ0n) is 10.7. The molecule has 1 aromatic rings. The van der Waals surface area contributed by atoms with Crippen molar-refractivity contribution >= 4 is 0 Å². The number of hydrogen-bond acceptors (Lipinski definition) is 3. The first kappa shape index (κ1) is 11.2. The standard InChI is InChI=1S/C13H22N4/c1-17-12(13(14)8-4-5-9-13)15-11(16-17)10-6-2-3-7-10/h10H,2-9,14H2,1H3. The molecule has 17 heavy (non-hydrogen) atoms. The van der Waals surface area contributed by atoms with E-state index in [2.05, 4.69) is 5.10 Å². The highest BCUT2D eigenvalue weighted by atomic mass is 15.3. The molecular weight excluding hydrogens is 212 g/mol. The molecule has 0 amide bonds. The SMILES string of the molecule is Cn1nc(C2CCCC2)nc1C1(N)CCCC1. The van der Waals surface area contributed by atoms with Crippen molar-refractivity contribution in [2.45, 2.75) is 62.8 Å². The van der Waals surface area contributed by atoms with Gasteiger partial charge in [0.1, 0.15) is 5.82 Å². The van der Waals surface area contributed by atoms with Gasteiger partial charge in [0.05, 0.1) is 5.54 Å². The topological polar surface area (TPSA) is 56.7 Å². The Balaban J connectivity index is 1.89. The number of nitrogens with two attached hydrogens (primary N) is 1. The molecule has 4 nitrogen and oxygen atoms in total. The molecule has 2 aliphatic carbocycles. The van der Waals surface area contributed by atoms with Gasteiger partial charge >= 0.3 is 0 Å². The Labute approximate surface area is 103 Å². The molecule has 0 aromatic carbocycles. The predicted molar refractivity (Wildman–Crippen MR) is 66.5 cm³/mol. The van der Waals surface area contributed by atoms with Gasteiger partial charge < -0.3 is 5.73 Å². The zero-order valence-corrected chi connectivity index (χ0v) is 10.7. The molecule has 0 aliphatic heterocycles. The molecule has 2 fully saturated rings. The highest BCUT2D eigenvalue weighted by Crippen LogP contribution is 2.37. The Bertz CT molecular complexity index is 398. The maximum absolute atomic E-state index is 6.47. The fourth-order valence-electron chi connectivity index (χ4n) is 3.42. The first-order valence-electron chi connectivity index (χ1n) is 6.89. The molecule has 0 radical (unpaired) electrons. The summed E-state index contributed by atoms with van der Waals surface area (Å²) >= 11 is 0. The summed E-state index contributed by atoms with van der Waals surface area (Å²) in [7, 11) is 1.99. The lowest BCUT2D eigenvalue weighted by Gasteiger charge is -2.21. The van der Waals surface area contributed by atoms with Crippen LogP contribution in [0.25, 0.3) is 0 Å². The van der Waals surface area contributed by atoms with Gasteiger partial charge in [0.2, 0.25) is 0 Å². The van der Waals surface area contributed by atoms with Crippen molar-refractivity contribution in [3.8, 4) is 0 Å². The zero-order chi connectivity index (χ0) is 11.9. The molecule has 2 N–H and O–H groups in total. The van der Waals surface area contributed by atoms with Crippen LogP contribution >= 0.6 is 0 Å². The van der Waals surface area contributed by atoms with E-state index in [1.807, 2.05) is 11.7 Å². The van der Waals surface area contributed by atoms with Crippen molar-refractivity contribution in [2.24, 2.45) is 12.8 Å². The Hall–Kier alpha value is -0.900. The van der Waals surface area contributed by atoms with Crippen LogP contribution in [0.15, 0.2) is 0 Å². The van der Waals surface area contributed by atoms with Crippen LogP contribution < -0.4 is 5.73 Å². The maximum atomic E-state index is 6.47. The van der Waals surface area contributed by atoms with E-state index in [-0.39, 0.29) is 5.54 Å². The summed E-state index contributed by atoms with van der Waals surface area (Å²) in [5.74, 6) is 2.63. The molecule has 3 rings (SSSR count). The summed E-state index contributed by atoms with van der Waals surface area (Å²) in [6, 6.07) is 0. The summed E-state index contributed by atoms with van der Waals surface area (Å²) < 4.78 is 1.93. The van der Waals surface area contributed by atoms with E-state index in [0.29, 0.717) is 5.92 Å². The van der Waals surface area contributed by atoms with Crippen molar-refractivity contribution in [3.05, 3.63) is 11.6 Å². The van der Waals surface area contributed by atoms with Crippen molar-refractivity contribution in [3.63, 3.8) is 0 Å². The van der Waals surface area contributed by atoms with E-state index in [0.717, 1.165) is 24.5 Å². The van der Waals surface area contributed by atoms with Gasteiger partial charge in [0.15, 0.2) is 5.82 Å². The fraction of sp³-hybridized carbons (Fsp3) is 0.846. The molecule has 0 spiro atoms. The molecular formula is C13H22N4. The summed E-state index contributed by atoms with van der Waals surface area (Å²) in [6.07, 6.45) is 9.72. The fourth-order valence-corrected chi connectivity index (χ4v) is 3.42. The second-order valence-electron chi connectivity index (χ2n) is 5.76. The highest BCUT2D eigenvalue weighted by molar-refractivity contribution is 5.11. The first-order chi connectivity index (χ1) is 8.19. The predicted octanol–water partition coefficient (Wildman–Crippen LogP) is 2.20. The van der Waals surface area contributed by atoms with Crippen LogP contribution in [-0.4, -0.2) is 14.8 Å². The largest absolute Gasteiger partial charge is 0.319 e. The minimum absolute atomic E-state index is 0.210. The Kier molecular flexibility index (Phi) is 2.69. The number of aryl methyl sites for hydroxylation is 1. The van der Waals surface area contributed by atoms with Crippen molar-refractivity contribution in [1.82, 2.24) is 14.8 Å².